The molecule has 0 spiro atoms. The highest BCUT2D eigenvalue weighted by atomic mass is 16.3. The quantitative estimate of drug-likeness (QED) is 0.423. The first-order valence-electron chi connectivity index (χ1n) is 4.34. The highest BCUT2D eigenvalue weighted by molar-refractivity contribution is 5.26. The van der Waals surface area contributed by atoms with Crippen molar-refractivity contribution < 1.29 is 10.2 Å². The Labute approximate surface area is 84.2 Å². The van der Waals surface area contributed by atoms with Crippen LogP contribution in [0.2, 0.25) is 0 Å². The van der Waals surface area contributed by atoms with Crippen molar-refractivity contribution in [3.05, 3.63) is 21.0 Å². The summed E-state index contributed by atoms with van der Waals surface area (Å²) in [5, 5.41) is 17.5. The van der Waals surface area contributed by atoms with Crippen molar-refractivity contribution in [2.24, 2.45) is 0 Å². The molecule has 0 fully saturated rings. The van der Waals surface area contributed by atoms with Crippen LogP contribution in [0.4, 0.5) is 5.95 Å². The van der Waals surface area contributed by atoms with Gasteiger partial charge >= 0.3 is 11.4 Å². The minimum Gasteiger partial charge on any atom is -0.395 e. The Hall–Kier alpha value is -1.67. The van der Waals surface area contributed by atoms with Gasteiger partial charge in [0.05, 0.1) is 13.2 Å². The van der Waals surface area contributed by atoms with Crippen molar-refractivity contribution in [3.8, 4) is 0 Å². The fraction of sp³-hybridized carbons (Fsp3) is 0.571. The molecule has 15 heavy (non-hydrogen) atoms. The monoisotopic (exact) mass is 216 g/mol. The molecule has 0 aliphatic rings. The third-order valence-electron chi connectivity index (χ3n) is 1.69. The molecule has 0 amide bonds. The molecule has 4 N–H and O–H groups in total. The highest BCUT2D eigenvalue weighted by Crippen LogP contribution is 1.99. The molecule has 0 unspecified atom stereocenters. The summed E-state index contributed by atoms with van der Waals surface area (Å²) in [5.74, 6) is 0.0341. The van der Waals surface area contributed by atoms with E-state index in [4.69, 9.17) is 10.2 Å². The topological polar surface area (TPSA) is 122 Å². The van der Waals surface area contributed by atoms with Gasteiger partial charge in [0.2, 0.25) is 5.95 Å². The Bertz CT molecular complexity index is 378. The molecule has 0 radical (unpaired) electrons. The van der Waals surface area contributed by atoms with Crippen molar-refractivity contribution in [1.82, 2.24) is 15.0 Å². The van der Waals surface area contributed by atoms with Crippen LogP contribution in [-0.4, -0.2) is 51.5 Å². The number of aromatic amines is 2. The maximum atomic E-state index is 10.9. The van der Waals surface area contributed by atoms with E-state index in [0.717, 1.165) is 0 Å². The number of aliphatic hydroxyl groups excluding tert-OH is 2. The summed E-state index contributed by atoms with van der Waals surface area (Å²) in [7, 11) is 0. The second-order valence-corrected chi connectivity index (χ2v) is 2.75. The van der Waals surface area contributed by atoms with Gasteiger partial charge < -0.3 is 15.1 Å². The molecular weight excluding hydrogens is 204 g/mol. The molecular formula is C7H12N4O4. The number of H-pyrrole nitrogens is 2. The molecule has 0 saturated heterocycles. The Morgan fingerprint density at radius 1 is 1.13 bits per heavy atom. The van der Waals surface area contributed by atoms with Crippen molar-refractivity contribution in [2.75, 3.05) is 31.2 Å². The molecule has 8 heteroatoms. The van der Waals surface area contributed by atoms with Crippen LogP contribution in [-0.2, 0) is 0 Å². The van der Waals surface area contributed by atoms with Gasteiger partial charge in [-0.25, -0.2) is 9.59 Å². The van der Waals surface area contributed by atoms with E-state index in [-0.39, 0.29) is 32.3 Å². The first kappa shape index (κ1) is 11.4. The van der Waals surface area contributed by atoms with Crippen molar-refractivity contribution >= 4 is 5.95 Å². The Morgan fingerprint density at radius 3 is 2.20 bits per heavy atom. The van der Waals surface area contributed by atoms with Crippen LogP contribution in [0, 0.1) is 0 Å². The normalized spacial score (nSPS) is 10.3. The minimum absolute atomic E-state index is 0.0341. The number of aliphatic hydroxyl groups is 2. The lowest BCUT2D eigenvalue weighted by atomic mass is 10.5. The summed E-state index contributed by atoms with van der Waals surface area (Å²) in [5.41, 5.74) is -1.44. The molecule has 0 bridgehead atoms. The van der Waals surface area contributed by atoms with Crippen molar-refractivity contribution in [2.45, 2.75) is 0 Å². The Kier molecular flexibility index (Phi) is 4.01. The number of aromatic nitrogens is 3. The van der Waals surface area contributed by atoms with Gasteiger partial charge in [0.25, 0.3) is 0 Å². The zero-order valence-electron chi connectivity index (χ0n) is 7.93. The van der Waals surface area contributed by atoms with Crippen LogP contribution in [0.3, 0.4) is 0 Å². The van der Waals surface area contributed by atoms with Crippen LogP contribution >= 0.6 is 0 Å². The molecule has 1 heterocycles. The molecule has 0 atom stereocenters. The molecule has 8 nitrogen and oxygen atoms in total. The van der Waals surface area contributed by atoms with E-state index in [9.17, 15) is 9.59 Å². The molecule has 84 valence electrons. The summed E-state index contributed by atoms with van der Waals surface area (Å²) < 4.78 is 0. The van der Waals surface area contributed by atoms with Crippen LogP contribution in [0.5, 0.6) is 0 Å². The SMILES string of the molecule is O=c1nc(N(CCO)CCO)[nH]c(=O)[nH]1. The highest BCUT2D eigenvalue weighted by Gasteiger charge is 2.08. The van der Waals surface area contributed by atoms with E-state index in [1.54, 1.807) is 0 Å². The first-order valence-corrected chi connectivity index (χ1v) is 4.34. The Balaban J connectivity index is 2.99. The zero-order valence-corrected chi connectivity index (χ0v) is 7.93. The summed E-state index contributed by atoms with van der Waals surface area (Å²) >= 11 is 0. The number of nitrogens with zero attached hydrogens (tertiary/aromatic N) is 2. The lowest BCUT2D eigenvalue weighted by Crippen LogP contribution is -2.36. The predicted molar refractivity (Wildman–Crippen MR) is 51.9 cm³/mol. The molecule has 0 saturated carbocycles. The van der Waals surface area contributed by atoms with Gasteiger partial charge in [-0.1, -0.05) is 0 Å². The standard InChI is InChI=1S/C7H12N4O4/c12-3-1-11(2-4-13)5-8-6(14)10-7(15)9-5/h12-13H,1-4H2,(H2,8,9,10,14,15). The number of rotatable bonds is 5. The van der Waals surface area contributed by atoms with Gasteiger partial charge in [-0.3, -0.25) is 9.97 Å². The zero-order chi connectivity index (χ0) is 11.3. The van der Waals surface area contributed by atoms with Gasteiger partial charge in [-0.15, -0.1) is 0 Å². The van der Waals surface area contributed by atoms with E-state index >= 15 is 0 Å². The van der Waals surface area contributed by atoms with E-state index in [1.807, 2.05) is 4.98 Å². The lowest BCUT2D eigenvalue weighted by Gasteiger charge is -2.19. The average molecular weight is 216 g/mol. The fourth-order valence-corrected chi connectivity index (χ4v) is 1.10. The van der Waals surface area contributed by atoms with Gasteiger partial charge in [-0.05, 0) is 0 Å². The number of nitrogens with one attached hydrogen (secondary N) is 2. The number of hydrogen-bond acceptors (Lipinski definition) is 6. The van der Waals surface area contributed by atoms with Gasteiger partial charge in [0.1, 0.15) is 0 Å². The largest absolute Gasteiger partial charge is 0.395 e. The number of hydrogen-bond donors (Lipinski definition) is 4. The summed E-state index contributed by atoms with van der Waals surface area (Å²) in [6, 6.07) is 0. The van der Waals surface area contributed by atoms with Gasteiger partial charge in [0.15, 0.2) is 0 Å². The molecule has 1 aromatic rings. The first-order chi connectivity index (χ1) is 7.17. The molecule has 0 aliphatic carbocycles. The second-order valence-electron chi connectivity index (χ2n) is 2.75. The van der Waals surface area contributed by atoms with Crippen molar-refractivity contribution in [3.63, 3.8) is 0 Å². The summed E-state index contributed by atoms with van der Waals surface area (Å²) in [4.78, 5) is 30.9. The molecule has 0 aromatic carbocycles. The van der Waals surface area contributed by atoms with Gasteiger partial charge in [0, 0.05) is 13.1 Å². The van der Waals surface area contributed by atoms with E-state index in [2.05, 4.69) is 9.97 Å². The third-order valence-corrected chi connectivity index (χ3v) is 1.69. The van der Waals surface area contributed by atoms with Gasteiger partial charge in [-0.2, -0.15) is 4.98 Å². The fourth-order valence-electron chi connectivity index (χ4n) is 1.10. The van der Waals surface area contributed by atoms with Crippen LogP contribution in [0.1, 0.15) is 0 Å². The maximum Gasteiger partial charge on any atom is 0.352 e. The van der Waals surface area contributed by atoms with E-state index < -0.39 is 11.4 Å². The second kappa shape index (κ2) is 5.27. The summed E-state index contributed by atoms with van der Waals surface area (Å²) in [6.07, 6.45) is 0. The summed E-state index contributed by atoms with van der Waals surface area (Å²) in [6.45, 7) is 0.00687. The minimum atomic E-state index is -0.769. The van der Waals surface area contributed by atoms with Crippen LogP contribution < -0.4 is 16.3 Å². The third kappa shape index (κ3) is 3.18. The van der Waals surface area contributed by atoms with E-state index in [1.165, 1.54) is 4.90 Å². The smallest absolute Gasteiger partial charge is 0.352 e. The lowest BCUT2D eigenvalue weighted by molar-refractivity contribution is 0.280. The average Bonchev–Trinajstić information content (AvgIpc) is 2.16. The Morgan fingerprint density at radius 2 is 1.73 bits per heavy atom. The van der Waals surface area contributed by atoms with E-state index in [0.29, 0.717) is 0 Å². The van der Waals surface area contributed by atoms with Crippen LogP contribution in [0.25, 0.3) is 0 Å². The maximum absolute atomic E-state index is 10.9. The number of anilines is 1. The van der Waals surface area contributed by atoms with Crippen LogP contribution in [0.15, 0.2) is 9.59 Å². The van der Waals surface area contributed by atoms with Crippen molar-refractivity contribution in [1.29, 1.82) is 0 Å². The molecule has 0 aliphatic heterocycles. The molecule has 1 rings (SSSR count). The molecule has 1 aromatic heterocycles. The predicted octanol–water partition coefficient (Wildman–Crippen LogP) is -2.75.